The van der Waals surface area contributed by atoms with Gasteiger partial charge in [-0.15, -0.1) is 11.6 Å². The van der Waals surface area contributed by atoms with Gasteiger partial charge in [0, 0.05) is 24.7 Å². The summed E-state index contributed by atoms with van der Waals surface area (Å²) in [6.45, 7) is 1.78. The summed E-state index contributed by atoms with van der Waals surface area (Å²) in [5.41, 5.74) is 0.241. The summed E-state index contributed by atoms with van der Waals surface area (Å²) in [5.74, 6) is 1.22. The molecule has 0 bridgehead atoms. The zero-order valence-electron chi connectivity index (χ0n) is 11.1. The van der Waals surface area contributed by atoms with Crippen molar-refractivity contribution in [1.82, 2.24) is 0 Å². The van der Waals surface area contributed by atoms with Gasteiger partial charge >= 0.3 is 6.18 Å². The SMILES string of the molecule is FC(F)(F)c1cc(N2CC3CCCC3C2)ccc1CCl. The highest BCUT2D eigenvalue weighted by Gasteiger charge is 2.38. The van der Waals surface area contributed by atoms with Gasteiger partial charge in [-0.2, -0.15) is 13.2 Å². The smallest absolute Gasteiger partial charge is 0.371 e. The van der Waals surface area contributed by atoms with Gasteiger partial charge in [0.05, 0.1) is 5.56 Å². The van der Waals surface area contributed by atoms with Gasteiger partial charge in [-0.25, -0.2) is 0 Å². The van der Waals surface area contributed by atoms with Crippen molar-refractivity contribution in [2.24, 2.45) is 11.8 Å². The Balaban J connectivity index is 1.88. The van der Waals surface area contributed by atoms with Crippen molar-refractivity contribution in [3.8, 4) is 0 Å². The highest BCUT2D eigenvalue weighted by molar-refractivity contribution is 6.17. The van der Waals surface area contributed by atoms with E-state index in [1.165, 1.54) is 31.4 Å². The maximum atomic E-state index is 13.1. The predicted molar refractivity (Wildman–Crippen MR) is 74.0 cm³/mol. The summed E-state index contributed by atoms with van der Waals surface area (Å²) in [5, 5.41) is 0. The molecule has 2 unspecified atom stereocenters. The van der Waals surface area contributed by atoms with Crippen LogP contribution in [-0.4, -0.2) is 13.1 Å². The van der Waals surface area contributed by atoms with E-state index in [9.17, 15) is 13.2 Å². The first kappa shape index (κ1) is 14.1. The van der Waals surface area contributed by atoms with Gasteiger partial charge in [0.2, 0.25) is 0 Å². The van der Waals surface area contributed by atoms with Gasteiger partial charge in [0.1, 0.15) is 0 Å². The molecule has 1 saturated carbocycles. The van der Waals surface area contributed by atoms with Crippen LogP contribution in [0, 0.1) is 11.8 Å². The fourth-order valence-corrected chi connectivity index (χ4v) is 3.82. The van der Waals surface area contributed by atoms with E-state index in [4.69, 9.17) is 11.6 Å². The van der Waals surface area contributed by atoms with E-state index in [2.05, 4.69) is 4.90 Å². The molecule has 110 valence electrons. The predicted octanol–water partition coefficient (Wildman–Crippen LogP) is 4.68. The Bertz CT molecular complexity index is 488. The lowest BCUT2D eigenvalue weighted by Crippen LogP contribution is -2.21. The monoisotopic (exact) mass is 303 g/mol. The van der Waals surface area contributed by atoms with Crippen LogP contribution >= 0.6 is 11.6 Å². The molecule has 0 radical (unpaired) electrons. The summed E-state index contributed by atoms with van der Waals surface area (Å²) in [4.78, 5) is 2.10. The van der Waals surface area contributed by atoms with Crippen molar-refractivity contribution < 1.29 is 13.2 Å². The lowest BCUT2D eigenvalue weighted by atomic mass is 10.0. The molecule has 20 heavy (non-hydrogen) atoms. The summed E-state index contributed by atoms with van der Waals surface area (Å²) in [6.07, 6.45) is -0.641. The topological polar surface area (TPSA) is 3.24 Å². The van der Waals surface area contributed by atoms with Crippen LogP contribution in [0.2, 0.25) is 0 Å². The standard InChI is InChI=1S/C15H17ClF3N/c16-7-10-4-5-13(6-14(10)15(17,18)19)20-8-11-2-1-3-12(11)9-20/h4-6,11-12H,1-3,7-9H2. The molecular weight excluding hydrogens is 287 g/mol. The fraction of sp³-hybridized carbons (Fsp3) is 0.600. The first-order chi connectivity index (χ1) is 9.49. The largest absolute Gasteiger partial charge is 0.416 e. The fourth-order valence-electron chi connectivity index (χ4n) is 3.59. The molecule has 1 saturated heterocycles. The lowest BCUT2D eigenvalue weighted by Gasteiger charge is -2.22. The Hall–Kier alpha value is -0.900. The third-order valence-corrected chi connectivity index (χ3v) is 4.92. The first-order valence-electron chi connectivity index (χ1n) is 7.00. The van der Waals surface area contributed by atoms with Crippen LogP contribution in [0.5, 0.6) is 0 Å². The molecule has 2 fully saturated rings. The average Bonchev–Trinajstić information content (AvgIpc) is 2.97. The van der Waals surface area contributed by atoms with E-state index >= 15 is 0 Å². The van der Waals surface area contributed by atoms with Crippen LogP contribution in [0.1, 0.15) is 30.4 Å². The van der Waals surface area contributed by atoms with Crippen LogP contribution in [0.25, 0.3) is 0 Å². The van der Waals surface area contributed by atoms with E-state index in [0.717, 1.165) is 13.1 Å². The summed E-state index contributed by atoms with van der Waals surface area (Å²) in [7, 11) is 0. The quantitative estimate of drug-likeness (QED) is 0.717. The molecule has 0 amide bonds. The molecule has 1 nitrogen and oxygen atoms in total. The molecule has 1 aliphatic carbocycles. The summed E-state index contributed by atoms with van der Waals surface area (Å²) in [6, 6.07) is 4.55. The Morgan fingerprint density at radius 1 is 1.15 bits per heavy atom. The second-order valence-corrected chi connectivity index (χ2v) is 6.10. The minimum atomic E-state index is -4.34. The number of rotatable bonds is 2. The third kappa shape index (κ3) is 2.50. The van der Waals surface area contributed by atoms with Crippen LogP contribution in [-0.2, 0) is 12.1 Å². The van der Waals surface area contributed by atoms with Crippen molar-refractivity contribution >= 4 is 17.3 Å². The number of nitrogens with zero attached hydrogens (tertiary/aromatic N) is 1. The van der Waals surface area contributed by atoms with Crippen molar-refractivity contribution in [1.29, 1.82) is 0 Å². The van der Waals surface area contributed by atoms with E-state index in [1.54, 1.807) is 6.07 Å². The molecule has 3 rings (SSSR count). The number of hydrogen-bond acceptors (Lipinski definition) is 1. The molecule has 2 atom stereocenters. The number of hydrogen-bond donors (Lipinski definition) is 0. The van der Waals surface area contributed by atoms with Gasteiger partial charge in [-0.1, -0.05) is 12.5 Å². The van der Waals surface area contributed by atoms with Crippen LogP contribution in [0.3, 0.4) is 0 Å². The number of alkyl halides is 4. The van der Waals surface area contributed by atoms with Crippen LogP contribution in [0.4, 0.5) is 18.9 Å². The third-order valence-electron chi connectivity index (χ3n) is 4.63. The average molecular weight is 304 g/mol. The molecule has 5 heteroatoms. The van der Waals surface area contributed by atoms with Gasteiger partial charge < -0.3 is 4.90 Å². The molecule has 1 aromatic rings. The summed E-state index contributed by atoms with van der Waals surface area (Å²) < 4.78 is 39.2. The molecule has 1 heterocycles. The number of benzene rings is 1. The van der Waals surface area contributed by atoms with Crippen molar-refractivity contribution in [3.05, 3.63) is 29.3 Å². The van der Waals surface area contributed by atoms with Crippen LogP contribution < -0.4 is 4.90 Å². The van der Waals surface area contributed by atoms with E-state index < -0.39 is 11.7 Å². The Morgan fingerprint density at radius 2 is 1.80 bits per heavy atom. The van der Waals surface area contributed by atoms with Gasteiger partial charge in [0.25, 0.3) is 0 Å². The lowest BCUT2D eigenvalue weighted by molar-refractivity contribution is -0.138. The Kier molecular flexibility index (Phi) is 3.61. The molecule has 1 aromatic carbocycles. The molecule has 1 aliphatic heterocycles. The van der Waals surface area contributed by atoms with Crippen molar-refractivity contribution in [2.45, 2.75) is 31.3 Å². The molecule has 2 aliphatic rings. The normalized spacial score (nSPS) is 26.1. The van der Waals surface area contributed by atoms with Crippen LogP contribution in [0.15, 0.2) is 18.2 Å². The maximum absolute atomic E-state index is 13.1. The minimum absolute atomic E-state index is 0.111. The summed E-state index contributed by atoms with van der Waals surface area (Å²) >= 11 is 5.61. The van der Waals surface area contributed by atoms with E-state index in [0.29, 0.717) is 17.5 Å². The first-order valence-corrected chi connectivity index (χ1v) is 7.53. The zero-order chi connectivity index (χ0) is 14.3. The Labute approximate surface area is 121 Å². The maximum Gasteiger partial charge on any atom is 0.416 e. The highest BCUT2D eigenvalue weighted by atomic mass is 35.5. The Morgan fingerprint density at radius 3 is 2.35 bits per heavy atom. The molecule has 0 N–H and O–H groups in total. The van der Waals surface area contributed by atoms with Gasteiger partial charge in [-0.3, -0.25) is 0 Å². The molecular formula is C15H17ClF3N. The van der Waals surface area contributed by atoms with E-state index in [1.807, 2.05) is 0 Å². The second kappa shape index (κ2) is 5.14. The van der Waals surface area contributed by atoms with Crippen molar-refractivity contribution in [2.75, 3.05) is 18.0 Å². The molecule has 0 spiro atoms. The highest BCUT2D eigenvalue weighted by Crippen LogP contribution is 2.41. The van der Waals surface area contributed by atoms with Gasteiger partial charge in [0.15, 0.2) is 0 Å². The second-order valence-electron chi connectivity index (χ2n) is 5.83. The number of anilines is 1. The van der Waals surface area contributed by atoms with Gasteiger partial charge in [-0.05, 0) is 42.4 Å². The number of halogens is 4. The van der Waals surface area contributed by atoms with Crippen molar-refractivity contribution in [3.63, 3.8) is 0 Å². The minimum Gasteiger partial charge on any atom is -0.371 e. The molecule has 0 aromatic heterocycles. The van der Waals surface area contributed by atoms with E-state index in [-0.39, 0.29) is 11.4 Å². The number of fused-ring (bicyclic) bond motifs is 1. The zero-order valence-corrected chi connectivity index (χ0v) is 11.8.